The number of nitrogens with zero attached hydrogens (tertiary/aromatic N) is 3. The third-order valence-electron chi connectivity index (χ3n) is 5.65. The monoisotopic (exact) mass is 430 g/mol. The van der Waals surface area contributed by atoms with Crippen LogP contribution in [0.25, 0.3) is 0 Å². The lowest BCUT2D eigenvalue weighted by atomic mass is 9.92. The predicted molar refractivity (Wildman–Crippen MR) is 104 cm³/mol. The number of carbonyl (C=O) groups is 2. The maximum atomic E-state index is 13.3. The van der Waals surface area contributed by atoms with Crippen LogP contribution < -0.4 is 5.32 Å². The number of halogens is 4. The van der Waals surface area contributed by atoms with E-state index in [4.69, 9.17) is 0 Å². The second kappa shape index (κ2) is 10.2. The van der Waals surface area contributed by atoms with Gasteiger partial charge in [0, 0.05) is 52.1 Å². The third-order valence-corrected chi connectivity index (χ3v) is 5.65. The molecule has 1 unspecified atom stereocenters. The van der Waals surface area contributed by atoms with Crippen LogP contribution in [0.1, 0.15) is 25.7 Å². The molecule has 3 rings (SSSR count). The van der Waals surface area contributed by atoms with E-state index in [1.165, 1.54) is 0 Å². The van der Waals surface area contributed by atoms with Crippen LogP contribution in [-0.2, 0) is 9.59 Å². The number of alkyl halides is 2. The molecule has 3 aliphatic rings. The zero-order valence-electron chi connectivity index (χ0n) is 15.7. The highest BCUT2D eigenvalue weighted by Crippen LogP contribution is 2.28. The number of piperazine rings is 1. The van der Waals surface area contributed by atoms with Gasteiger partial charge in [-0.2, -0.15) is 0 Å². The van der Waals surface area contributed by atoms with Crippen molar-refractivity contribution in [3.8, 4) is 0 Å². The summed E-state index contributed by atoms with van der Waals surface area (Å²) >= 11 is 0. The van der Waals surface area contributed by atoms with Crippen molar-refractivity contribution >= 4 is 36.6 Å². The number of likely N-dealkylation sites (tertiary alicyclic amines) is 1. The molecular formula is C17H30Cl2F2N4O2. The van der Waals surface area contributed by atoms with Crippen LogP contribution in [0.2, 0.25) is 0 Å². The van der Waals surface area contributed by atoms with Crippen molar-refractivity contribution in [1.82, 2.24) is 20.0 Å². The smallest absolute Gasteiger partial charge is 0.262 e. The Bertz CT molecular complexity index is 511. The third kappa shape index (κ3) is 6.41. The summed E-state index contributed by atoms with van der Waals surface area (Å²) in [6, 6.07) is -0.765. The lowest BCUT2D eigenvalue weighted by Gasteiger charge is -2.36. The molecule has 0 aromatic rings. The van der Waals surface area contributed by atoms with Gasteiger partial charge < -0.3 is 14.7 Å². The molecule has 3 heterocycles. The highest BCUT2D eigenvalue weighted by Gasteiger charge is 2.44. The number of nitrogens with one attached hydrogen (secondary N) is 1. The van der Waals surface area contributed by atoms with E-state index in [1.54, 1.807) is 4.90 Å². The van der Waals surface area contributed by atoms with Crippen molar-refractivity contribution < 1.29 is 18.4 Å². The summed E-state index contributed by atoms with van der Waals surface area (Å²) in [6.45, 7) is 4.10. The molecule has 1 atom stereocenters. The van der Waals surface area contributed by atoms with Gasteiger partial charge in [-0.3, -0.25) is 14.9 Å². The standard InChI is InChI=1S/C17H28F2N4O2.2ClH/c1-21-6-8-22(9-7-21)15(24)10-13-2-4-23(5-3-13)16(25)14-11-17(18,19)12-20-14;;/h13-14,20H,2-12H2,1H3;2*1H. The number of likely N-dealkylation sites (N-methyl/N-ethyl adjacent to an activating group) is 1. The number of hydrogen-bond acceptors (Lipinski definition) is 4. The van der Waals surface area contributed by atoms with E-state index in [-0.39, 0.29) is 42.5 Å². The first-order valence-electron chi connectivity index (χ1n) is 9.20. The summed E-state index contributed by atoms with van der Waals surface area (Å²) in [5.41, 5.74) is 0. The number of hydrogen-bond donors (Lipinski definition) is 1. The molecule has 0 aromatic carbocycles. The van der Waals surface area contributed by atoms with Crippen molar-refractivity contribution in [3.63, 3.8) is 0 Å². The average Bonchev–Trinajstić information content (AvgIpc) is 2.95. The summed E-state index contributed by atoms with van der Waals surface area (Å²) in [5.74, 6) is -2.52. The molecule has 1 N–H and O–H groups in total. The number of carbonyl (C=O) groups excluding carboxylic acids is 2. The van der Waals surface area contributed by atoms with Gasteiger partial charge in [-0.25, -0.2) is 8.78 Å². The first kappa shape index (κ1) is 24.3. The van der Waals surface area contributed by atoms with Gasteiger partial charge in [0.05, 0.1) is 12.6 Å². The molecule has 0 bridgehead atoms. The van der Waals surface area contributed by atoms with E-state index in [9.17, 15) is 18.4 Å². The summed E-state index contributed by atoms with van der Waals surface area (Å²) in [6.07, 6.45) is 1.67. The molecule has 27 heavy (non-hydrogen) atoms. The molecule has 0 aliphatic carbocycles. The van der Waals surface area contributed by atoms with Gasteiger partial charge in [0.25, 0.3) is 5.92 Å². The van der Waals surface area contributed by atoms with Gasteiger partial charge in [-0.15, -0.1) is 24.8 Å². The van der Waals surface area contributed by atoms with Crippen LogP contribution in [0.4, 0.5) is 8.78 Å². The Kier molecular flexibility index (Phi) is 9.18. The molecule has 2 amide bonds. The minimum Gasteiger partial charge on any atom is -0.341 e. The number of rotatable bonds is 3. The largest absolute Gasteiger partial charge is 0.341 e. The summed E-state index contributed by atoms with van der Waals surface area (Å²) < 4.78 is 26.5. The molecule has 3 saturated heterocycles. The highest BCUT2D eigenvalue weighted by molar-refractivity contribution is 5.85. The van der Waals surface area contributed by atoms with Crippen LogP contribution in [0.15, 0.2) is 0 Å². The van der Waals surface area contributed by atoms with E-state index in [0.717, 1.165) is 39.0 Å². The SMILES string of the molecule is CN1CCN(C(=O)CC2CCN(C(=O)C3CC(F)(F)CN3)CC2)CC1.Cl.Cl. The topological polar surface area (TPSA) is 55.9 Å². The fraction of sp³-hybridized carbons (Fsp3) is 0.882. The van der Waals surface area contributed by atoms with E-state index in [2.05, 4.69) is 17.3 Å². The molecule has 0 saturated carbocycles. The Balaban J connectivity index is 0.00000182. The van der Waals surface area contributed by atoms with Crippen molar-refractivity contribution in [3.05, 3.63) is 0 Å². The van der Waals surface area contributed by atoms with E-state index in [1.807, 2.05) is 4.90 Å². The second-order valence-corrected chi connectivity index (χ2v) is 7.65. The predicted octanol–water partition coefficient (Wildman–Crippen LogP) is 1.23. The first-order chi connectivity index (χ1) is 11.8. The van der Waals surface area contributed by atoms with Gasteiger partial charge in [0.1, 0.15) is 0 Å². The van der Waals surface area contributed by atoms with Crippen LogP contribution in [0.3, 0.4) is 0 Å². The molecule has 3 aliphatic heterocycles. The Morgan fingerprint density at radius 2 is 1.59 bits per heavy atom. The van der Waals surface area contributed by atoms with E-state index < -0.39 is 24.9 Å². The highest BCUT2D eigenvalue weighted by atomic mass is 35.5. The first-order valence-corrected chi connectivity index (χ1v) is 9.20. The average molecular weight is 431 g/mol. The zero-order valence-corrected chi connectivity index (χ0v) is 17.3. The quantitative estimate of drug-likeness (QED) is 0.731. The van der Waals surface area contributed by atoms with Crippen molar-refractivity contribution in [2.24, 2.45) is 5.92 Å². The fourth-order valence-electron chi connectivity index (χ4n) is 3.90. The molecular weight excluding hydrogens is 401 g/mol. The molecule has 3 fully saturated rings. The number of amides is 2. The summed E-state index contributed by atoms with van der Waals surface area (Å²) in [7, 11) is 2.06. The fourth-order valence-corrected chi connectivity index (χ4v) is 3.90. The van der Waals surface area contributed by atoms with Crippen LogP contribution in [-0.4, -0.2) is 91.3 Å². The lowest BCUT2D eigenvalue weighted by molar-refractivity contribution is -0.136. The zero-order chi connectivity index (χ0) is 18.0. The summed E-state index contributed by atoms with van der Waals surface area (Å²) in [4.78, 5) is 30.6. The Morgan fingerprint density at radius 3 is 2.11 bits per heavy atom. The molecule has 10 heteroatoms. The Morgan fingerprint density at radius 1 is 1.00 bits per heavy atom. The molecule has 6 nitrogen and oxygen atoms in total. The molecule has 0 aromatic heterocycles. The second-order valence-electron chi connectivity index (χ2n) is 7.65. The lowest BCUT2D eigenvalue weighted by Crippen LogP contribution is -2.49. The van der Waals surface area contributed by atoms with E-state index >= 15 is 0 Å². The van der Waals surface area contributed by atoms with E-state index in [0.29, 0.717) is 19.5 Å². The summed E-state index contributed by atoms with van der Waals surface area (Å²) in [5, 5.41) is 2.63. The van der Waals surface area contributed by atoms with Crippen molar-refractivity contribution in [1.29, 1.82) is 0 Å². The minimum absolute atomic E-state index is 0. The maximum absolute atomic E-state index is 13.3. The van der Waals surface area contributed by atoms with Gasteiger partial charge in [0.2, 0.25) is 11.8 Å². The molecule has 0 spiro atoms. The Hall–Kier alpha value is -0.700. The number of piperidine rings is 1. The van der Waals surface area contributed by atoms with Crippen LogP contribution in [0, 0.1) is 5.92 Å². The van der Waals surface area contributed by atoms with Crippen molar-refractivity contribution in [2.75, 3.05) is 52.9 Å². The van der Waals surface area contributed by atoms with Gasteiger partial charge in [0.15, 0.2) is 0 Å². The normalized spacial score (nSPS) is 26.3. The molecule has 158 valence electrons. The Labute approximate surface area is 171 Å². The van der Waals surface area contributed by atoms with Crippen molar-refractivity contribution in [2.45, 2.75) is 37.6 Å². The minimum atomic E-state index is -2.78. The van der Waals surface area contributed by atoms with Crippen LogP contribution in [0.5, 0.6) is 0 Å². The molecule has 0 radical (unpaired) electrons. The van der Waals surface area contributed by atoms with Gasteiger partial charge in [-0.05, 0) is 25.8 Å². The van der Waals surface area contributed by atoms with Crippen LogP contribution >= 0.6 is 24.8 Å². The van der Waals surface area contributed by atoms with Gasteiger partial charge >= 0.3 is 0 Å². The maximum Gasteiger partial charge on any atom is 0.262 e. The van der Waals surface area contributed by atoms with Gasteiger partial charge in [-0.1, -0.05) is 0 Å².